The fourth-order valence-electron chi connectivity index (χ4n) is 1.40. The van der Waals surface area contributed by atoms with Crippen molar-refractivity contribution in [3.8, 4) is 0 Å². The summed E-state index contributed by atoms with van der Waals surface area (Å²) in [7, 11) is 0. The van der Waals surface area contributed by atoms with Gasteiger partial charge in [-0.05, 0) is 38.8 Å². The lowest BCUT2D eigenvalue weighted by Crippen LogP contribution is -2.15. The third-order valence-corrected chi connectivity index (χ3v) is 2.26. The summed E-state index contributed by atoms with van der Waals surface area (Å²) in [5.41, 5.74) is 2.43. The Morgan fingerprint density at radius 1 is 1.29 bits per heavy atom. The molecule has 2 N–H and O–H groups in total. The van der Waals surface area contributed by atoms with Crippen LogP contribution in [0.1, 0.15) is 25.3 Å². The molecule has 1 atom stereocenters. The Kier molecular flexibility index (Phi) is 4.47. The molecule has 1 rings (SSSR count). The molecule has 1 aromatic carbocycles. The zero-order valence-electron chi connectivity index (χ0n) is 8.96. The zero-order valence-corrected chi connectivity index (χ0v) is 8.96. The fourth-order valence-corrected chi connectivity index (χ4v) is 1.40. The van der Waals surface area contributed by atoms with E-state index in [-0.39, 0.29) is 6.61 Å². The van der Waals surface area contributed by atoms with Crippen LogP contribution in [0.2, 0.25) is 0 Å². The molecule has 0 bridgehead atoms. The van der Waals surface area contributed by atoms with Crippen molar-refractivity contribution in [2.75, 3.05) is 11.9 Å². The molecule has 0 heterocycles. The first-order valence-electron chi connectivity index (χ1n) is 5.16. The van der Waals surface area contributed by atoms with Crippen molar-refractivity contribution in [2.24, 2.45) is 0 Å². The van der Waals surface area contributed by atoms with E-state index in [2.05, 4.69) is 43.4 Å². The highest BCUT2D eigenvalue weighted by Gasteiger charge is 2.00. The molecule has 0 saturated carbocycles. The zero-order chi connectivity index (χ0) is 10.4. The van der Waals surface area contributed by atoms with E-state index in [1.165, 1.54) is 5.56 Å². The Hall–Kier alpha value is -1.02. The maximum atomic E-state index is 8.69. The van der Waals surface area contributed by atoms with E-state index in [0.717, 1.165) is 18.5 Å². The Balaban J connectivity index is 2.39. The maximum absolute atomic E-state index is 8.69. The quantitative estimate of drug-likeness (QED) is 0.753. The van der Waals surface area contributed by atoms with Gasteiger partial charge in [-0.25, -0.2) is 0 Å². The van der Waals surface area contributed by atoms with Crippen molar-refractivity contribution in [3.05, 3.63) is 29.8 Å². The molecule has 0 spiro atoms. The molecule has 2 heteroatoms. The molecule has 0 aliphatic carbocycles. The fraction of sp³-hybridized carbons (Fsp3) is 0.500. The SMILES string of the molecule is Cc1ccc(NC(C)CCCO)cc1. The van der Waals surface area contributed by atoms with Gasteiger partial charge in [0.15, 0.2) is 0 Å². The van der Waals surface area contributed by atoms with E-state index in [1.807, 2.05) is 0 Å². The number of hydrogen-bond donors (Lipinski definition) is 2. The second-order valence-electron chi connectivity index (χ2n) is 3.78. The number of aliphatic hydroxyl groups is 1. The summed E-state index contributed by atoms with van der Waals surface area (Å²) in [6, 6.07) is 8.79. The second kappa shape index (κ2) is 5.66. The highest BCUT2D eigenvalue weighted by molar-refractivity contribution is 5.44. The minimum atomic E-state index is 0.278. The van der Waals surface area contributed by atoms with Crippen molar-refractivity contribution in [1.82, 2.24) is 0 Å². The van der Waals surface area contributed by atoms with E-state index in [9.17, 15) is 0 Å². The van der Waals surface area contributed by atoms with Gasteiger partial charge < -0.3 is 10.4 Å². The van der Waals surface area contributed by atoms with Crippen LogP contribution < -0.4 is 5.32 Å². The van der Waals surface area contributed by atoms with Gasteiger partial charge in [0.25, 0.3) is 0 Å². The number of benzene rings is 1. The van der Waals surface area contributed by atoms with Gasteiger partial charge in [0, 0.05) is 18.3 Å². The summed E-state index contributed by atoms with van der Waals surface area (Å²) in [6.07, 6.45) is 1.87. The molecule has 1 unspecified atom stereocenters. The smallest absolute Gasteiger partial charge is 0.0431 e. The van der Waals surface area contributed by atoms with E-state index in [4.69, 9.17) is 5.11 Å². The van der Waals surface area contributed by atoms with Gasteiger partial charge in [0.1, 0.15) is 0 Å². The Morgan fingerprint density at radius 3 is 2.50 bits per heavy atom. The Morgan fingerprint density at radius 2 is 1.93 bits per heavy atom. The largest absolute Gasteiger partial charge is 0.396 e. The lowest BCUT2D eigenvalue weighted by atomic mass is 10.1. The number of rotatable bonds is 5. The minimum absolute atomic E-state index is 0.278. The number of anilines is 1. The predicted molar refractivity (Wildman–Crippen MR) is 60.6 cm³/mol. The average Bonchev–Trinajstić information content (AvgIpc) is 2.18. The monoisotopic (exact) mass is 193 g/mol. The minimum Gasteiger partial charge on any atom is -0.396 e. The highest BCUT2D eigenvalue weighted by atomic mass is 16.2. The lowest BCUT2D eigenvalue weighted by Gasteiger charge is -2.14. The van der Waals surface area contributed by atoms with Gasteiger partial charge in [-0.3, -0.25) is 0 Å². The van der Waals surface area contributed by atoms with Crippen molar-refractivity contribution >= 4 is 5.69 Å². The van der Waals surface area contributed by atoms with Crippen molar-refractivity contribution in [1.29, 1.82) is 0 Å². The number of hydrogen-bond acceptors (Lipinski definition) is 2. The summed E-state index contributed by atoms with van der Waals surface area (Å²) >= 11 is 0. The highest BCUT2D eigenvalue weighted by Crippen LogP contribution is 2.11. The summed E-state index contributed by atoms with van der Waals surface area (Å²) in [6.45, 7) is 4.49. The van der Waals surface area contributed by atoms with Crippen LogP contribution in [0.3, 0.4) is 0 Å². The molecule has 14 heavy (non-hydrogen) atoms. The third kappa shape index (κ3) is 3.79. The summed E-state index contributed by atoms with van der Waals surface area (Å²) in [5, 5.41) is 12.1. The van der Waals surface area contributed by atoms with Crippen LogP contribution in [-0.4, -0.2) is 17.8 Å². The third-order valence-electron chi connectivity index (χ3n) is 2.26. The van der Waals surface area contributed by atoms with Gasteiger partial charge in [0.2, 0.25) is 0 Å². The molecule has 1 aromatic rings. The topological polar surface area (TPSA) is 32.3 Å². The van der Waals surface area contributed by atoms with Crippen molar-refractivity contribution in [3.63, 3.8) is 0 Å². The second-order valence-corrected chi connectivity index (χ2v) is 3.78. The van der Waals surface area contributed by atoms with Crippen LogP contribution in [0.25, 0.3) is 0 Å². The molecule has 0 saturated heterocycles. The van der Waals surface area contributed by atoms with Gasteiger partial charge in [0.05, 0.1) is 0 Å². The molecular weight excluding hydrogens is 174 g/mol. The normalized spacial score (nSPS) is 12.5. The van der Waals surface area contributed by atoms with Crippen LogP contribution in [-0.2, 0) is 0 Å². The molecule has 0 aliphatic rings. The van der Waals surface area contributed by atoms with Gasteiger partial charge >= 0.3 is 0 Å². The predicted octanol–water partition coefficient (Wildman–Crippen LogP) is 2.57. The maximum Gasteiger partial charge on any atom is 0.0431 e. The Bertz CT molecular complexity index is 256. The van der Waals surface area contributed by atoms with Crippen LogP contribution in [0.4, 0.5) is 5.69 Å². The van der Waals surface area contributed by atoms with Crippen LogP contribution >= 0.6 is 0 Å². The van der Waals surface area contributed by atoms with Crippen molar-refractivity contribution < 1.29 is 5.11 Å². The Labute approximate surface area is 86.0 Å². The molecule has 2 nitrogen and oxygen atoms in total. The molecule has 78 valence electrons. The van der Waals surface area contributed by atoms with E-state index in [0.29, 0.717) is 6.04 Å². The molecule has 0 radical (unpaired) electrons. The summed E-state index contributed by atoms with van der Waals surface area (Å²) < 4.78 is 0. The summed E-state index contributed by atoms with van der Waals surface area (Å²) in [4.78, 5) is 0. The van der Waals surface area contributed by atoms with Crippen LogP contribution in [0, 0.1) is 6.92 Å². The first-order chi connectivity index (χ1) is 6.72. The number of nitrogens with one attached hydrogen (secondary N) is 1. The first-order valence-corrected chi connectivity index (χ1v) is 5.16. The van der Waals surface area contributed by atoms with Gasteiger partial charge in [-0.2, -0.15) is 0 Å². The molecular formula is C12H19NO. The van der Waals surface area contributed by atoms with Crippen LogP contribution in [0.15, 0.2) is 24.3 Å². The number of aryl methyl sites for hydroxylation is 1. The van der Waals surface area contributed by atoms with Crippen molar-refractivity contribution in [2.45, 2.75) is 32.7 Å². The molecule has 0 amide bonds. The number of aliphatic hydroxyl groups excluding tert-OH is 1. The van der Waals surface area contributed by atoms with Crippen LogP contribution in [0.5, 0.6) is 0 Å². The van der Waals surface area contributed by atoms with Gasteiger partial charge in [-0.1, -0.05) is 17.7 Å². The lowest BCUT2D eigenvalue weighted by molar-refractivity contribution is 0.282. The summed E-state index contributed by atoms with van der Waals surface area (Å²) in [5.74, 6) is 0. The van der Waals surface area contributed by atoms with Gasteiger partial charge in [-0.15, -0.1) is 0 Å². The standard InChI is InChI=1S/C12H19NO/c1-10-5-7-12(8-6-10)13-11(2)4-3-9-14/h5-8,11,13-14H,3-4,9H2,1-2H3. The first kappa shape index (κ1) is 11.1. The van der Waals surface area contributed by atoms with E-state index >= 15 is 0 Å². The van der Waals surface area contributed by atoms with E-state index in [1.54, 1.807) is 0 Å². The van der Waals surface area contributed by atoms with E-state index < -0.39 is 0 Å². The molecule has 0 aromatic heterocycles. The molecule has 0 fully saturated rings. The molecule has 0 aliphatic heterocycles. The average molecular weight is 193 g/mol.